The second kappa shape index (κ2) is 6.06. The van der Waals surface area contributed by atoms with Crippen LogP contribution >= 0.6 is 0 Å². The zero-order chi connectivity index (χ0) is 11.9. The van der Waals surface area contributed by atoms with Crippen LogP contribution in [-0.4, -0.2) is 11.5 Å². The molecule has 0 atom stereocenters. The van der Waals surface area contributed by atoms with Gasteiger partial charge in [-0.05, 0) is 24.7 Å². The van der Waals surface area contributed by atoms with Crippen molar-refractivity contribution >= 4 is 0 Å². The Morgan fingerprint density at radius 2 is 2.35 bits per heavy atom. The van der Waals surface area contributed by atoms with E-state index >= 15 is 0 Å². The fourth-order valence-electron chi connectivity index (χ4n) is 1.49. The number of hydrogen-bond acceptors (Lipinski definition) is 4. The lowest BCUT2D eigenvalue weighted by atomic mass is 10.2. The van der Waals surface area contributed by atoms with Crippen LogP contribution in [0.4, 0.5) is 0 Å². The quantitative estimate of drug-likeness (QED) is 0.830. The first kappa shape index (κ1) is 11.7. The van der Waals surface area contributed by atoms with Crippen molar-refractivity contribution in [1.82, 2.24) is 10.3 Å². The maximum Gasteiger partial charge on any atom is 0.146 e. The van der Waals surface area contributed by atoms with E-state index in [2.05, 4.69) is 17.2 Å². The number of hydrogen-bond donors (Lipinski definition) is 1. The average Bonchev–Trinajstić information content (AvgIpc) is 2.82. The molecular formula is C13H16N2O2. The molecule has 0 aliphatic heterocycles. The van der Waals surface area contributed by atoms with Crippen molar-refractivity contribution in [1.29, 1.82) is 0 Å². The van der Waals surface area contributed by atoms with Gasteiger partial charge in [-0.15, -0.1) is 0 Å². The van der Waals surface area contributed by atoms with Gasteiger partial charge in [0.15, 0.2) is 0 Å². The summed E-state index contributed by atoms with van der Waals surface area (Å²) >= 11 is 0. The summed E-state index contributed by atoms with van der Waals surface area (Å²) in [4.78, 5) is 3.99. The second-order valence-electron chi connectivity index (χ2n) is 3.63. The average molecular weight is 232 g/mol. The van der Waals surface area contributed by atoms with Crippen LogP contribution in [0.2, 0.25) is 0 Å². The Labute approximate surface area is 101 Å². The maximum absolute atomic E-state index is 5.59. The number of ether oxygens (including phenoxy) is 1. The summed E-state index contributed by atoms with van der Waals surface area (Å²) in [6, 6.07) is 5.68. The highest BCUT2D eigenvalue weighted by Gasteiger charge is 2.06. The molecule has 4 nitrogen and oxygen atoms in total. The van der Waals surface area contributed by atoms with Crippen LogP contribution in [0.1, 0.15) is 18.2 Å². The van der Waals surface area contributed by atoms with Crippen molar-refractivity contribution < 1.29 is 9.15 Å². The number of nitrogens with zero attached hydrogens (tertiary/aromatic N) is 1. The van der Waals surface area contributed by atoms with E-state index in [1.54, 1.807) is 18.7 Å². The predicted molar refractivity (Wildman–Crippen MR) is 64.7 cm³/mol. The first-order valence-electron chi connectivity index (χ1n) is 5.69. The van der Waals surface area contributed by atoms with E-state index in [0.29, 0.717) is 6.61 Å². The van der Waals surface area contributed by atoms with Gasteiger partial charge in [0, 0.05) is 18.3 Å². The van der Waals surface area contributed by atoms with E-state index in [1.165, 1.54) is 0 Å². The zero-order valence-electron chi connectivity index (χ0n) is 9.85. The van der Waals surface area contributed by atoms with Gasteiger partial charge in [-0.25, -0.2) is 0 Å². The van der Waals surface area contributed by atoms with Crippen molar-refractivity contribution in [3.8, 4) is 5.75 Å². The summed E-state index contributed by atoms with van der Waals surface area (Å²) in [5.41, 5.74) is 1.13. The molecule has 0 amide bonds. The zero-order valence-corrected chi connectivity index (χ0v) is 9.85. The molecule has 0 saturated carbocycles. The van der Waals surface area contributed by atoms with Gasteiger partial charge in [0.2, 0.25) is 0 Å². The third kappa shape index (κ3) is 3.32. The third-order valence-corrected chi connectivity index (χ3v) is 2.41. The van der Waals surface area contributed by atoms with Crippen LogP contribution < -0.4 is 10.1 Å². The SMILES string of the molecule is CCNCc1ccoc1COc1cccnc1. The van der Waals surface area contributed by atoms with Crippen LogP contribution in [0.25, 0.3) is 0 Å². The molecule has 2 aromatic rings. The summed E-state index contributed by atoms with van der Waals surface area (Å²) in [5.74, 6) is 1.60. The van der Waals surface area contributed by atoms with E-state index in [0.717, 1.165) is 30.2 Å². The summed E-state index contributed by atoms with van der Waals surface area (Å²) < 4.78 is 11.0. The molecule has 0 saturated heterocycles. The topological polar surface area (TPSA) is 47.3 Å². The molecule has 2 aromatic heterocycles. The van der Waals surface area contributed by atoms with Crippen LogP contribution in [0, 0.1) is 0 Å². The standard InChI is InChI=1S/C13H16N2O2/c1-2-14-8-11-5-7-16-13(11)10-17-12-4-3-6-15-9-12/h3-7,9,14H,2,8,10H2,1H3. The molecule has 4 heteroatoms. The first-order valence-corrected chi connectivity index (χ1v) is 5.69. The number of nitrogens with one attached hydrogen (secondary N) is 1. The van der Waals surface area contributed by atoms with Crippen molar-refractivity contribution in [2.45, 2.75) is 20.1 Å². The predicted octanol–water partition coefficient (Wildman–Crippen LogP) is 2.36. The molecule has 90 valence electrons. The largest absolute Gasteiger partial charge is 0.484 e. The number of rotatable bonds is 6. The molecule has 17 heavy (non-hydrogen) atoms. The van der Waals surface area contributed by atoms with Crippen LogP contribution in [0.3, 0.4) is 0 Å². The van der Waals surface area contributed by atoms with Crippen LogP contribution in [-0.2, 0) is 13.2 Å². The smallest absolute Gasteiger partial charge is 0.146 e. The Bertz CT molecular complexity index is 440. The monoisotopic (exact) mass is 232 g/mol. The highest BCUT2D eigenvalue weighted by atomic mass is 16.5. The minimum absolute atomic E-state index is 0.430. The van der Waals surface area contributed by atoms with Crippen molar-refractivity contribution in [2.75, 3.05) is 6.54 Å². The van der Waals surface area contributed by atoms with Gasteiger partial charge in [-0.1, -0.05) is 6.92 Å². The van der Waals surface area contributed by atoms with Gasteiger partial charge < -0.3 is 14.5 Å². The molecule has 0 aromatic carbocycles. The number of aromatic nitrogens is 1. The minimum atomic E-state index is 0.430. The van der Waals surface area contributed by atoms with Crippen molar-refractivity contribution in [3.05, 3.63) is 48.2 Å². The van der Waals surface area contributed by atoms with Gasteiger partial charge in [-0.3, -0.25) is 4.98 Å². The summed E-state index contributed by atoms with van der Waals surface area (Å²) in [6.07, 6.45) is 5.10. The normalized spacial score (nSPS) is 10.4. The summed E-state index contributed by atoms with van der Waals surface area (Å²) in [7, 11) is 0. The molecule has 0 aliphatic rings. The molecule has 0 aliphatic carbocycles. The van der Waals surface area contributed by atoms with Crippen molar-refractivity contribution in [3.63, 3.8) is 0 Å². The molecule has 1 N–H and O–H groups in total. The summed E-state index contributed by atoms with van der Waals surface area (Å²) in [5, 5.41) is 3.26. The Kier molecular flexibility index (Phi) is 4.16. The lowest BCUT2D eigenvalue weighted by molar-refractivity contribution is 0.267. The lowest BCUT2D eigenvalue weighted by Crippen LogP contribution is -2.12. The van der Waals surface area contributed by atoms with E-state index < -0.39 is 0 Å². The second-order valence-corrected chi connectivity index (χ2v) is 3.63. The fourth-order valence-corrected chi connectivity index (χ4v) is 1.49. The van der Waals surface area contributed by atoms with E-state index in [4.69, 9.17) is 9.15 Å². The van der Waals surface area contributed by atoms with Crippen LogP contribution in [0.5, 0.6) is 5.75 Å². The van der Waals surface area contributed by atoms with Crippen LogP contribution in [0.15, 0.2) is 41.3 Å². The highest BCUT2D eigenvalue weighted by Crippen LogP contribution is 2.14. The van der Waals surface area contributed by atoms with Gasteiger partial charge >= 0.3 is 0 Å². The number of pyridine rings is 1. The molecule has 0 radical (unpaired) electrons. The third-order valence-electron chi connectivity index (χ3n) is 2.41. The van der Waals surface area contributed by atoms with Gasteiger partial charge in [0.25, 0.3) is 0 Å². The lowest BCUT2D eigenvalue weighted by Gasteiger charge is -2.05. The Morgan fingerprint density at radius 3 is 3.12 bits per heavy atom. The van der Waals surface area contributed by atoms with E-state index in [-0.39, 0.29) is 0 Å². The minimum Gasteiger partial charge on any atom is -0.484 e. The van der Waals surface area contributed by atoms with Crippen molar-refractivity contribution in [2.24, 2.45) is 0 Å². The molecule has 0 bridgehead atoms. The van der Waals surface area contributed by atoms with Gasteiger partial charge in [0.05, 0.1) is 12.5 Å². The fraction of sp³-hybridized carbons (Fsp3) is 0.308. The molecule has 2 heterocycles. The summed E-state index contributed by atoms with van der Waals surface area (Å²) in [6.45, 7) is 4.25. The molecule has 0 spiro atoms. The Morgan fingerprint density at radius 1 is 1.41 bits per heavy atom. The molecule has 2 rings (SSSR count). The maximum atomic E-state index is 5.59. The van der Waals surface area contributed by atoms with E-state index in [1.807, 2.05) is 18.2 Å². The first-order chi connectivity index (χ1) is 8.40. The Hall–Kier alpha value is -1.81. The molecule has 0 fully saturated rings. The number of furan rings is 1. The van der Waals surface area contributed by atoms with Gasteiger partial charge in [0.1, 0.15) is 18.1 Å². The van der Waals surface area contributed by atoms with E-state index in [9.17, 15) is 0 Å². The highest BCUT2D eigenvalue weighted by molar-refractivity contribution is 5.19. The Balaban J connectivity index is 1.92. The molecular weight excluding hydrogens is 216 g/mol. The molecule has 0 unspecified atom stereocenters. The van der Waals surface area contributed by atoms with Gasteiger partial charge in [-0.2, -0.15) is 0 Å².